The number of phenols is 2. The molecule has 4 aromatic carbocycles. The van der Waals surface area contributed by atoms with Gasteiger partial charge in [0, 0.05) is 44.2 Å². The molecule has 0 bridgehead atoms. The van der Waals surface area contributed by atoms with Gasteiger partial charge in [0.05, 0.1) is 16.3 Å². The number of likely N-dealkylation sites (tertiary alicyclic amines) is 1. The van der Waals surface area contributed by atoms with Crippen LogP contribution >= 0.6 is 0 Å². The van der Waals surface area contributed by atoms with E-state index in [1.165, 1.54) is 36.4 Å². The number of carbonyl (C=O) groups is 2. The molecule has 50 heavy (non-hydrogen) atoms. The topological polar surface area (TPSA) is 134 Å². The van der Waals surface area contributed by atoms with E-state index in [2.05, 4.69) is 22.2 Å². The Morgan fingerprint density at radius 1 is 0.800 bits per heavy atom. The smallest absolute Gasteiger partial charge is 0.268 e. The van der Waals surface area contributed by atoms with Gasteiger partial charge in [-0.25, -0.2) is 12.7 Å². The van der Waals surface area contributed by atoms with Gasteiger partial charge in [-0.15, -0.1) is 0 Å². The van der Waals surface area contributed by atoms with Gasteiger partial charge < -0.3 is 25.3 Å². The van der Waals surface area contributed by atoms with Crippen molar-refractivity contribution in [3.8, 4) is 11.5 Å². The molecule has 0 aliphatic carbocycles. The van der Waals surface area contributed by atoms with Crippen LogP contribution in [0.2, 0.25) is 0 Å². The van der Waals surface area contributed by atoms with E-state index in [0.717, 1.165) is 48.9 Å². The molecular formula is C38H43N5O6S. The predicted octanol–water partition coefficient (Wildman–Crippen LogP) is 4.20. The van der Waals surface area contributed by atoms with Crippen molar-refractivity contribution in [1.82, 2.24) is 20.0 Å². The molecule has 2 saturated heterocycles. The number of rotatable bonds is 10. The fraction of sp³-hybridized carbons (Fsp3) is 0.316. The number of piperazine rings is 1. The van der Waals surface area contributed by atoms with Crippen molar-refractivity contribution >= 4 is 33.2 Å². The lowest BCUT2D eigenvalue weighted by atomic mass is 10.0. The first-order valence-corrected chi connectivity index (χ1v) is 18.3. The van der Waals surface area contributed by atoms with E-state index in [4.69, 9.17) is 0 Å². The maximum Gasteiger partial charge on any atom is 0.268 e. The van der Waals surface area contributed by atoms with Gasteiger partial charge in [0.15, 0.2) is 0 Å². The second kappa shape index (κ2) is 15.3. The van der Waals surface area contributed by atoms with Crippen molar-refractivity contribution < 1.29 is 28.2 Å². The average molecular weight is 698 g/mol. The van der Waals surface area contributed by atoms with E-state index < -0.39 is 22.0 Å². The van der Waals surface area contributed by atoms with Gasteiger partial charge >= 0.3 is 0 Å². The maximum atomic E-state index is 14.0. The van der Waals surface area contributed by atoms with Crippen LogP contribution in [-0.4, -0.2) is 104 Å². The van der Waals surface area contributed by atoms with Crippen molar-refractivity contribution in [2.24, 2.45) is 0 Å². The van der Waals surface area contributed by atoms with E-state index in [1.54, 1.807) is 66.7 Å². The number of hydrogen-bond donors (Lipinski definition) is 3. The van der Waals surface area contributed by atoms with E-state index in [9.17, 15) is 28.2 Å². The highest BCUT2D eigenvalue weighted by atomic mass is 32.2. The Morgan fingerprint density at radius 2 is 1.42 bits per heavy atom. The van der Waals surface area contributed by atoms with E-state index >= 15 is 0 Å². The minimum absolute atomic E-state index is 0.0830. The molecule has 1 atom stereocenters. The Morgan fingerprint density at radius 3 is 2.06 bits per heavy atom. The van der Waals surface area contributed by atoms with Crippen molar-refractivity contribution in [2.75, 3.05) is 50.6 Å². The summed E-state index contributed by atoms with van der Waals surface area (Å²) in [7, 11) is -2.09. The molecule has 0 spiro atoms. The van der Waals surface area contributed by atoms with Crippen molar-refractivity contribution in [3.63, 3.8) is 0 Å². The number of aromatic hydroxyl groups is 2. The Labute approximate surface area is 293 Å². The van der Waals surface area contributed by atoms with Gasteiger partial charge in [-0.2, -0.15) is 0 Å². The lowest BCUT2D eigenvalue weighted by molar-refractivity contribution is -0.135. The summed E-state index contributed by atoms with van der Waals surface area (Å²) in [6.07, 6.45) is 2.45. The summed E-state index contributed by atoms with van der Waals surface area (Å²) in [5.74, 6) is -0.802. The third-order valence-corrected chi connectivity index (χ3v) is 11.3. The minimum atomic E-state index is -4.23. The highest BCUT2D eigenvalue weighted by molar-refractivity contribution is 7.93. The van der Waals surface area contributed by atoms with Gasteiger partial charge in [0.2, 0.25) is 5.91 Å². The number of para-hydroxylation sites is 3. The van der Waals surface area contributed by atoms with Crippen LogP contribution in [0.3, 0.4) is 0 Å². The molecule has 1 unspecified atom stereocenters. The average Bonchev–Trinajstić information content (AvgIpc) is 3.13. The molecule has 6 rings (SSSR count). The fourth-order valence-corrected chi connectivity index (χ4v) is 8.19. The zero-order chi connectivity index (χ0) is 35.3. The number of amides is 2. The summed E-state index contributed by atoms with van der Waals surface area (Å²) in [5.41, 5.74) is 1.38. The largest absolute Gasteiger partial charge is 0.508 e. The maximum absolute atomic E-state index is 14.0. The van der Waals surface area contributed by atoms with Crippen LogP contribution in [-0.2, 0) is 21.2 Å². The Bertz CT molecular complexity index is 1870. The molecule has 11 nitrogen and oxygen atoms in total. The van der Waals surface area contributed by atoms with Crippen LogP contribution in [0.25, 0.3) is 0 Å². The van der Waals surface area contributed by atoms with Crippen LogP contribution in [0.15, 0.2) is 108 Å². The first-order chi connectivity index (χ1) is 24.1. The molecule has 0 saturated carbocycles. The van der Waals surface area contributed by atoms with Gasteiger partial charge in [0.1, 0.15) is 17.5 Å². The zero-order valence-electron chi connectivity index (χ0n) is 28.1. The molecule has 3 N–H and O–H groups in total. The van der Waals surface area contributed by atoms with Crippen molar-refractivity contribution in [1.29, 1.82) is 0 Å². The first kappa shape index (κ1) is 34.9. The Balaban J connectivity index is 1.19. The lowest BCUT2D eigenvalue weighted by Crippen LogP contribution is -2.57. The second-order valence-corrected chi connectivity index (χ2v) is 14.7. The monoisotopic (exact) mass is 697 g/mol. The third kappa shape index (κ3) is 7.93. The van der Waals surface area contributed by atoms with Crippen molar-refractivity contribution in [2.45, 2.75) is 36.2 Å². The lowest BCUT2D eigenvalue weighted by Gasteiger charge is -2.42. The van der Waals surface area contributed by atoms with Crippen LogP contribution in [0, 0.1) is 0 Å². The van der Waals surface area contributed by atoms with Crippen LogP contribution in [0.5, 0.6) is 11.5 Å². The molecule has 2 aliphatic heterocycles. The number of nitrogens with one attached hydrogen (secondary N) is 1. The summed E-state index contributed by atoms with van der Waals surface area (Å²) in [6.45, 7) is 4.81. The van der Waals surface area contributed by atoms with Gasteiger partial charge in [-0.1, -0.05) is 42.5 Å². The van der Waals surface area contributed by atoms with Crippen molar-refractivity contribution in [3.05, 3.63) is 114 Å². The van der Waals surface area contributed by atoms with Crippen LogP contribution in [0.4, 0.5) is 11.4 Å². The number of phenolic OH excluding ortho intramolecular Hbond substituents is 2. The summed E-state index contributed by atoms with van der Waals surface area (Å²) in [6, 6.07) is 26.3. The van der Waals surface area contributed by atoms with Gasteiger partial charge in [0.25, 0.3) is 15.9 Å². The van der Waals surface area contributed by atoms with E-state index in [1.807, 2.05) is 4.90 Å². The number of anilines is 2. The number of benzene rings is 4. The van der Waals surface area contributed by atoms with E-state index in [-0.39, 0.29) is 40.0 Å². The van der Waals surface area contributed by atoms with Crippen LogP contribution < -0.4 is 9.62 Å². The number of carbonyl (C=O) groups excluding carboxylic acids is 2. The standard InChI is InChI=1S/C38H43N5O6S/c1-40-21-19-30(20-22-40)41-23-25-42(26-24-41)38(47)34(27-28-11-15-32(44)16-12-28)39-37(46)29-13-17-33(18-14-29)50(48,49)43(31-7-3-2-4-8-31)35-9-5-6-10-36(35)45/h2-18,30,34,44-45H,19-27H2,1H3,(H,39,46). The third-order valence-electron chi connectivity index (χ3n) is 9.56. The molecule has 2 heterocycles. The number of hydrogen-bond acceptors (Lipinski definition) is 8. The summed E-state index contributed by atoms with van der Waals surface area (Å²) < 4.78 is 29.1. The van der Waals surface area contributed by atoms with Gasteiger partial charge in [-0.05, 0) is 99.2 Å². The fourth-order valence-electron chi connectivity index (χ4n) is 6.69. The Hall–Kier alpha value is -4.91. The van der Waals surface area contributed by atoms with Gasteiger partial charge in [-0.3, -0.25) is 14.5 Å². The summed E-state index contributed by atoms with van der Waals surface area (Å²) in [4.78, 5) is 34.1. The SMILES string of the molecule is CN1CCC(N2CCN(C(=O)C(Cc3ccc(O)cc3)NC(=O)c3ccc(S(=O)(=O)N(c4ccccc4)c4ccccc4O)cc3)CC2)CC1. The minimum Gasteiger partial charge on any atom is -0.508 e. The summed E-state index contributed by atoms with van der Waals surface area (Å²) >= 11 is 0. The highest BCUT2D eigenvalue weighted by Crippen LogP contribution is 2.37. The predicted molar refractivity (Wildman–Crippen MR) is 192 cm³/mol. The molecule has 262 valence electrons. The number of piperidine rings is 1. The second-order valence-electron chi connectivity index (χ2n) is 12.9. The number of nitrogens with zero attached hydrogens (tertiary/aromatic N) is 4. The Kier molecular flexibility index (Phi) is 10.7. The van der Waals surface area contributed by atoms with Crippen LogP contribution in [0.1, 0.15) is 28.8 Å². The molecule has 2 aliphatic rings. The number of sulfonamides is 1. The molecule has 12 heteroatoms. The van der Waals surface area contributed by atoms with E-state index in [0.29, 0.717) is 24.8 Å². The zero-order valence-corrected chi connectivity index (χ0v) is 28.9. The normalized spacial score (nSPS) is 16.9. The summed E-state index contributed by atoms with van der Waals surface area (Å²) in [5, 5.41) is 23.3. The molecule has 2 amide bonds. The molecular weight excluding hydrogens is 655 g/mol. The molecule has 0 aromatic heterocycles. The quantitative estimate of drug-likeness (QED) is 0.225. The molecule has 2 fully saturated rings. The highest BCUT2D eigenvalue weighted by Gasteiger charge is 2.33. The molecule has 4 aromatic rings. The first-order valence-electron chi connectivity index (χ1n) is 16.9. The molecule has 0 radical (unpaired) electrons.